The van der Waals surface area contributed by atoms with Crippen molar-refractivity contribution in [1.82, 2.24) is 19.7 Å². The Morgan fingerprint density at radius 3 is 2.52 bits per heavy atom. The SMILES string of the molecule is CN1CCN(C(=O)CC2(COc3ccccc3)CCCN(C(=O)c3cccnc3Cl)C2)CC1. The number of benzene rings is 1. The highest BCUT2D eigenvalue weighted by molar-refractivity contribution is 6.32. The van der Waals surface area contributed by atoms with Gasteiger partial charge in [-0.1, -0.05) is 29.8 Å². The molecule has 33 heavy (non-hydrogen) atoms. The third-order valence-electron chi connectivity index (χ3n) is 6.61. The number of piperidine rings is 1. The van der Waals surface area contributed by atoms with Crippen LogP contribution >= 0.6 is 11.6 Å². The number of carbonyl (C=O) groups excluding carboxylic acids is 2. The molecule has 2 aromatic rings. The molecule has 0 aliphatic carbocycles. The zero-order valence-electron chi connectivity index (χ0n) is 19.1. The predicted octanol–water partition coefficient (Wildman–Crippen LogP) is 3.20. The van der Waals surface area contributed by atoms with E-state index in [-0.39, 0.29) is 17.0 Å². The van der Waals surface area contributed by atoms with Crippen molar-refractivity contribution >= 4 is 23.4 Å². The predicted molar refractivity (Wildman–Crippen MR) is 127 cm³/mol. The minimum atomic E-state index is -0.459. The molecule has 1 aromatic heterocycles. The molecule has 0 N–H and O–H groups in total. The van der Waals surface area contributed by atoms with E-state index in [0.29, 0.717) is 31.7 Å². The fraction of sp³-hybridized carbons (Fsp3) is 0.480. The van der Waals surface area contributed by atoms with Crippen LogP contribution in [0.1, 0.15) is 29.6 Å². The summed E-state index contributed by atoms with van der Waals surface area (Å²) in [6, 6.07) is 13.0. The lowest BCUT2D eigenvalue weighted by atomic mass is 9.77. The molecule has 0 radical (unpaired) electrons. The topological polar surface area (TPSA) is 66.0 Å². The Kier molecular flexibility index (Phi) is 7.50. The van der Waals surface area contributed by atoms with E-state index >= 15 is 0 Å². The van der Waals surface area contributed by atoms with Crippen molar-refractivity contribution < 1.29 is 14.3 Å². The zero-order valence-corrected chi connectivity index (χ0v) is 19.8. The number of piperazine rings is 1. The highest BCUT2D eigenvalue weighted by atomic mass is 35.5. The average Bonchev–Trinajstić information content (AvgIpc) is 2.84. The Balaban J connectivity index is 1.53. The van der Waals surface area contributed by atoms with Crippen molar-refractivity contribution in [3.8, 4) is 5.75 Å². The highest BCUT2D eigenvalue weighted by Gasteiger charge is 2.41. The Hall–Kier alpha value is -2.64. The largest absolute Gasteiger partial charge is 0.493 e. The molecule has 0 bridgehead atoms. The van der Waals surface area contributed by atoms with E-state index in [0.717, 1.165) is 44.8 Å². The fourth-order valence-electron chi connectivity index (χ4n) is 4.65. The standard InChI is InChI=1S/C25H31ClN4O3/c1-28-13-15-29(16-14-28)22(31)17-25(19-33-20-7-3-2-4-8-20)10-6-12-30(18-25)24(32)21-9-5-11-27-23(21)26/h2-5,7-9,11H,6,10,12-19H2,1H3. The Labute approximate surface area is 200 Å². The van der Waals surface area contributed by atoms with Gasteiger partial charge in [-0.2, -0.15) is 0 Å². The number of para-hydroxylation sites is 1. The number of likely N-dealkylation sites (tertiary alicyclic amines) is 1. The number of carbonyl (C=O) groups is 2. The molecule has 8 heteroatoms. The summed E-state index contributed by atoms with van der Waals surface area (Å²) in [6.45, 7) is 4.68. The molecule has 2 aliphatic rings. The number of likely N-dealkylation sites (N-methyl/N-ethyl adjacent to an activating group) is 1. The lowest BCUT2D eigenvalue weighted by Crippen LogP contribution is -2.53. The number of aromatic nitrogens is 1. The van der Waals surface area contributed by atoms with Crippen molar-refractivity contribution in [2.75, 3.05) is 52.9 Å². The molecule has 2 aliphatic heterocycles. The second-order valence-corrected chi connectivity index (χ2v) is 9.49. The summed E-state index contributed by atoms with van der Waals surface area (Å²) in [7, 11) is 2.07. The number of pyridine rings is 1. The van der Waals surface area contributed by atoms with Gasteiger partial charge in [-0.05, 0) is 44.2 Å². The van der Waals surface area contributed by atoms with Gasteiger partial charge in [0.1, 0.15) is 10.9 Å². The molecular weight excluding hydrogens is 440 g/mol. The van der Waals surface area contributed by atoms with Gasteiger partial charge < -0.3 is 19.4 Å². The smallest absolute Gasteiger partial charge is 0.257 e. The summed E-state index contributed by atoms with van der Waals surface area (Å²) < 4.78 is 6.16. The molecule has 2 saturated heterocycles. The maximum absolute atomic E-state index is 13.3. The zero-order chi connectivity index (χ0) is 23.3. The van der Waals surface area contributed by atoms with E-state index in [2.05, 4.69) is 16.9 Å². The summed E-state index contributed by atoms with van der Waals surface area (Å²) >= 11 is 6.20. The minimum absolute atomic E-state index is 0.133. The summed E-state index contributed by atoms with van der Waals surface area (Å²) in [4.78, 5) is 36.6. The number of rotatable bonds is 6. The molecule has 2 fully saturated rings. The molecule has 1 unspecified atom stereocenters. The summed E-state index contributed by atoms with van der Waals surface area (Å²) in [6.07, 6.45) is 3.55. The van der Waals surface area contributed by atoms with Gasteiger partial charge in [0.15, 0.2) is 0 Å². The molecule has 7 nitrogen and oxygen atoms in total. The van der Waals surface area contributed by atoms with E-state index < -0.39 is 5.41 Å². The first-order chi connectivity index (χ1) is 16.0. The summed E-state index contributed by atoms with van der Waals surface area (Å²) in [5.74, 6) is 0.750. The quantitative estimate of drug-likeness (QED) is 0.606. The molecule has 0 spiro atoms. The lowest BCUT2D eigenvalue weighted by molar-refractivity contribution is -0.137. The molecule has 1 atom stereocenters. The van der Waals surface area contributed by atoms with Crippen molar-refractivity contribution in [2.24, 2.45) is 5.41 Å². The van der Waals surface area contributed by atoms with Crippen LogP contribution in [0, 0.1) is 5.41 Å². The maximum Gasteiger partial charge on any atom is 0.257 e. The van der Waals surface area contributed by atoms with Crippen LogP contribution in [0.3, 0.4) is 0 Å². The van der Waals surface area contributed by atoms with Crippen LogP contribution in [-0.2, 0) is 4.79 Å². The molecule has 2 amide bonds. The third kappa shape index (κ3) is 5.84. The summed E-state index contributed by atoms with van der Waals surface area (Å²) in [5.41, 5.74) is -0.0665. The van der Waals surface area contributed by atoms with E-state index in [1.54, 1.807) is 23.2 Å². The van der Waals surface area contributed by atoms with Crippen molar-refractivity contribution in [1.29, 1.82) is 0 Å². The molecule has 4 rings (SSSR count). The van der Waals surface area contributed by atoms with Gasteiger partial charge in [-0.15, -0.1) is 0 Å². The molecule has 1 aromatic carbocycles. The third-order valence-corrected chi connectivity index (χ3v) is 6.91. The van der Waals surface area contributed by atoms with Crippen LogP contribution in [0.2, 0.25) is 5.15 Å². The van der Waals surface area contributed by atoms with Gasteiger partial charge in [0.05, 0.1) is 12.2 Å². The number of nitrogens with zero attached hydrogens (tertiary/aromatic N) is 4. The van der Waals surface area contributed by atoms with Crippen molar-refractivity contribution in [2.45, 2.75) is 19.3 Å². The van der Waals surface area contributed by atoms with Gasteiger partial charge in [-0.25, -0.2) is 4.98 Å². The fourth-order valence-corrected chi connectivity index (χ4v) is 4.85. The molecule has 3 heterocycles. The van der Waals surface area contributed by atoms with Crippen LogP contribution in [0.4, 0.5) is 0 Å². The number of hydrogen-bond donors (Lipinski definition) is 0. The molecular formula is C25H31ClN4O3. The normalized spacial score (nSPS) is 21.6. The maximum atomic E-state index is 13.3. The van der Waals surface area contributed by atoms with Gasteiger partial charge >= 0.3 is 0 Å². The van der Waals surface area contributed by atoms with Crippen LogP contribution in [0.25, 0.3) is 0 Å². The van der Waals surface area contributed by atoms with Gasteiger partial charge in [0.25, 0.3) is 5.91 Å². The average molecular weight is 471 g/mol. The first kappa shape index (κ1) is 23.5. The second-order valence-electron chi connectivity index (χ2n) is 9.13. The highest BCUT2D eigenvalue weighted by Crippen LogP contribution is 2.36. The summed E-state index contributed by atoms with van der Waals surface area (Å²) in [5, 5.41) is 0.202. The van der Waals surface area contributed by atoms with Crippen molar-refractivity contribution in [3.63, 3.8) is 0 Å². The van der Waals surface area contributed by atoms with E-state index in [1.165, 1.54) is 0 Å². The number of amides is 2. The van der Waals surface area contributed by atoms with E-state index in [4.69, 9.17) is 16.3 Å². The Morgan fingerprint density at radius 2 is 1.79 bits per heavy atom. The first-order valence-electron chi connectivity index (χ1n) is 11.5. The number of hydrogen-bond acceptors (Lipinski definition) is 5. The van der Waals surface area contributed by atoms with Crippen LogP contribution in [-0.4, -0.2) is 84.4 Å². The van der Waals surface area contributed by atoms with Gasteiger partial charge in [0.2, 0.25) is 5.91 Å². The minimum Gasteiger partial charge on any atom is -0.493 e. The first-order valence-corrected chi connectivity index (χ1v) is 11.9. The number of ether oxygens (including phenoxy) is 1. The van der Waals surface area contributed by atoms with Gasteiger partial charge in [-0.3, -0.25) is 9.59 Å². The Morgan fingerprint density at radius 1 is 1.03 bits per heavy atom. The van der Waals surface area contributed by atoms with E-state index in [1.807, 2.05) is 35.2 Å². The van der Waals surface area contributed by atoms with Crippen LogP contribution in [0.15, 0.2) is 48.7 Å². The molecule has 0 saturated carbocycles. The van der Waals surface area contributed by atoms with Crippen molar-refractivity contribution in [3.05, 3.63) is 59.4 Å². The van der Waals surface area contributed by atoms with Crippen LogP contribution < -0.4 is 4.74 Å². The number of halogens is 1. The van der Waals surface area contributed by atoms with E-state index in [9.17, 15) is 9.59 Å². The Bertz CT molecular complexity index is 965. The van der Waals surface area contributed by atoms with Gasteiger partial charge in [0, 0.05) is 57.3 Å². The second kappa shape index (κ2) is 10.5. The van der Waals surface area contributed by atoms with Crippen LogP contribution in [0.5, 0.6) is 5.75 Å². The molecule has 176 valence electrons. The monoisotopic (exact) mass is 470 g/mol. The lowest BCUT2D eigenvalue weighted by Gasteiger charge is -2.43.